The van der Waals surface area contributed by atoms with Crippen LogP contribution in [0, 0.1) is 0 Å². The van der Waals surface area contributed by atoms with Crippen molar-refractivity contribution in [3.05, 3.63) is 48.8 Å². The molecule has 4 aromatic rings. The van der Waals surface area contributed by atoms with Crippen molar-refractivity contribution in [1.29, 1.82) is 0 Å². The molecule has 6 nitrogen and oxygen atoms in total. The van der Waals surface area contributed by atoms with Crippen LogP contribution in [0.2, 0.25) is 0 Å². The largest absolute Gasteiger partial charge is 0.359 e. The van der Waals surface area contributed by atoms with Gasteiger partial charge >= 0.3 is 0 Å². The molecule has 0 atom stereocenters. The number of anilines is 3. The molecular formula is C18H18N6. The number of nitrogens with one attached hydrogen (secondary N) is 2. The van der Waals surface area contributed by atoms with E-state index >= 15 is 0 Å². The lowest BCUT2D eigenvalue weighted by Gasteiger charge is -2.17. The highest BCUT2D eigenvalue weighted by Gasteiger charge is 2.09. The van der Waals surface area contributed by atoms with Crippen LogP contribution in [0.1, 0.15) is 6.92 Å². The average molecular weight is 318 g/mol. The van der Waals surface area contributed by atoms with Crippen LogP contribution < -0.4 is 10.2 Å². The quantitative estimate of drug-likeness (QED) is 0.600. The normalized spacial score (nSPS) is 11.1. The summed E-state index contributed by atoms with van der Waals surface area (Å²) >= 11 is 0. The van der Waals surface area contributed by atoms with Gasteiger partial charge in [0.05, 0.1) is 5.52 Å². The molecule has 0 aliphatic heterocycles. The Bertz CT molecular complexity index is 1010. The fourth-order valence-corrected chi connectivity index (χ4v) is 2.77. The molecule has 3 heterocycles. The molecule has 0 saturated carbocycles. The smallest absolute Gasteiger partial charge is 0.178 e. The number of hydrogen-bond donors (Lipinski definition) is 2. The van der Waals surface area contributed by atoms with Crippen molar-refractivity contribution in [2.45, 2.75) is 6.92 Å². The van der Waals surface area contributed by atoms with Gasteiger partial charge in [0.15, 0.2) is 5.82 Å². The van der Waals surface area contributed by atoms with Gasteiger partial charge in [-0.25, -0.2) is 4.98 Å². The van der Waals surface area contributed by atoms with Crippen LogP contribution in [0.3, 0.4) is 0 Å². The van der Waals surface area contributed by atoms with Crippen LogP contribution in [-0.2, 0) is 0 Å². The van der Waals surface area contributed by atoms with Gasteiger partial charge in [-0.15, -0.1) is 0 Å². The Hall–Kier alpha value is -3.15. The maximum absolute atomic E-state index is 4.50. The maximum Gasteiger partial charge on any atom is 0.178 e. The maximum atomic E-state index is 4.50. The zero-order chi connectivity index (χ0) is 16.5. The third-order valence-electron chi connectivity index (χ3n) is 4.16. The molecule has 2 N–H and O–H groups in total. The minimum atomic E-state index is 0.727. The standard InChI is InChI=1S/C18H18N6/c1-3-24(2)18-14-7-6-13(11-12(14)8-10-20-18)21-17-16-15(22-23-17)5-4-9-19-16/h4-11H,3H2,1-2H3,(H2,21,22,23). The summed E-state index contributed by atoms with van der Waals surface area (Å²) in [6, 6.07) is 12.1. The number of benzene rings is 1. The summed E-state index contributed by atoms with van der Waals surface area (Å²) < 4.78 is 0. The Labute approximate surface area is 139 Å². The van der Waals surface area contributed by atoms with Gasteiger partial charge in [-0.1, -0.05) is 0 Å². The molecule has 0 aliphatic rings. The van der Waals surface area contributed by atoms with Crippen molar-refractivity contribution in [2.24, 2.45) is 0 Å². The van der Waals surface area contributed by atoms with E-state index in [9.17, 15) is 0 Å². The first kappa shape index (κ1) is 14.4. The number of nitrogens with zero attached hydrogens (tertiary/aromatic N) is 4. The number of hydrogen-bond acceptors (Lipinski definition) is 5. The fraction of sp³-hybridized carbons (Fsp3) is 0.167. The average Bonchev–Trinajstić information content (AvgIpc) is 3.03. The van der Waals surface area contributed by atoms with E-state index < -0.39 is 0 Å². The number of H-pyrrole nitrogens is 1. The van der Waals surface area contributed by atoms with Crippen LogP contribution in [-0.4, -0.2) is 33.8 Å². The van der Waals surface area contributed by atoms with Gasteiger partial charge in [-0.3, -0.25) is 10.1 Å². The van der Waals surface area contributed by atoms with E-state index in [0.29, 0.717) is 0 Å². The molecule has 0 radical (unpaired) electrons. The SMILES string of the molecule is CCN(C)c1nccc2cc(Nc3n[nH]c4cccnc34)ccc12. The summed E-state index contributed by atoms with van der Waals surface area (Å²) in [6.07, 6.45) is 3.61. The summed E-state index contributed by atoms with van der Waals surface area (Å²) in [6.45, 7) is 3.03. The van der Waals surface area contributed by atoms with Crippen LogP contribution in [0.15, 0.2) is 48.8 Å². The van der Waals surface area contributed by atoms with Gasteiger partial charge in [0.1, 0.15) is 11.3 Å². The Morgan fingerprint density at radius 1 is 1.12 bits per heavy atom. The summed E-state index contributed by atoms with van der Waals surface area (Å²) in [5.74, 6) is 1.72. The highest BCUT2D eigenvalue weighted by Crippen LogP contribution is 2.28. The third kappa shape index (κ3) is 2.42. The van der Waals surface area contributed by atoms with Crippen molar-refractivity contribution in [3.8, 4) is 0 Å². The molecule has 1 aromatic carbocycles. The van der Waals surface area contributed by atoms with Gasteiger partial charge in [0, 0.05) is 37.1 Å². The van der Waals surface area contributed by atoms with E-state index in [-0.39, 0.29) is 0 Å². The number of pyridine rings is 2. The second-order valence-electron chi connectivity index (χ2n) is 5.68. The first-order chi connectivity index (χ1) is 11.8. The molecule has 24 heavy (non-hydrogen) atoms. The molecule has 3 aromatic heterocycles. The van der Waals surface area contributed by atoms with Crippen LogP contribution in [0.25, 0.3) is 21.8 Å². The molecule has 0 aliphatic carbocycles. The van der Waals surface area contributed by atoms with Crippen LogP contribution in [0.5, 0.6) is 0 Å². The number of fused-ring (bicyclic) bond motifs is 2. The minimum Gasteiger partial charge on any atom is -0.359 e. The van der Waals surface area contributed by atoms with Crippen molar-refractivity contribution in [1.82, 2.24) is 20.2 Å². The Morgan fingerprint density at radius 3 is 2.92 bits per heavy atom. The van der Waals surface area contributed by atoms with Crippen molar-refractivity contribution < 1.29 is 0 Å². The summed E-state index contributed by atoms with van der Waals surface area (Å²) in [4.78, 5) is 11.0. The topological polar surface area (TPSA) is 69.7 Å². The lowest BCUT2D eigenvalue weighted by Crippen LogP contribution is -2.17. The lowest BCUT2D eigenvalue weighted by atomic mass is 10.1. The third-order valence-corrected chi connectivity index (χ3v) is 4.16. The van der Waals surface area contributed by atoms with E-state index in [1.54, 1.807) is 6.20 Å². The first-order valence-electron chi connectivity index (χ1n) is 7.92. The minimum absolute atomic E-state index is 0.727. The molecule has 4 rings (SSSR count). The van der Waals surface area contributed by atoms with E-state index in [4.69, 9.17) is 0 Å². The predicted octanol–water partition coefficient (Wildman–Crippen LogP) is 3.71. The molecule has 0 fully saturated rings. The van der Waals surface area contributed by atoms with Crippen molar-refractivity contribution in [3.63, 3.8) is 0 Å². The van der Waals surface area contributed by atoms with Gasteiger partial charge in [-0.2, -0.15) is 5.10 Å². The second kappa shape index (κ2) is 5.81. The van der Waals surface area contributed by atoms with Gasteiger partial charge in [-0.05, 0) is 48.7 Å². The highest BCUT2D eigenvalue weighted by atomic mass is 15.2. The monoisotopic (exact) mass is 318 g/mol. The van der Waals surface area contributed by atoms with E-state index in [1.165, 1.54) is 0 Å². The highest BCUT2D eigenvalue weighted by molar-refractivity contribution is 5.95. The van der Waals surface area contributed by atoms with Gasteiger partial charge in [0.25, 0.3) is 0 Å². The number of rotatable bonds is 4. The van der Waals surface area contributed by atoms with Crippen molar-refractivity contribution in [2.75, 3.05) is 23.8 Å². The predicted molar refractivity (Wildman–Crippen MR) is 97.9 cm³/mol. The molecule has 120 valence electrons. The van der Waals surface area contributed by atoms with Crippen LogP contribution in [0.4, 0.5) is 17.3 Å². The molecule has 0 amide bonds. The first-order valence-corrected chi connectivity index (χ1v) is 7.92. The fourth-order valence-electron chi connectivity index (χ4n) is 2.77. The molecular weight excluding hydrogens is 300 g/mol. The van der Waals surface area contributed by atoms with Gasteiger partial charge < -0.3 is 10.2 Å². The summed E-state index contributed by atoms with van der Waals surface area (Å²) in [5, 5.41) is 12.9. The summed E-state index contributed by atoms with van der Waals surface area (Å²) in [7, 11) is 2.05. The Kier molecular flexibility index (Phi) is 3.49. The van der Waals surface area contributed by atoms with E-state index in [2.05, 4.69) is 56.5 Å². The zero-order valence-corrected chi connectivity index (χ0v) is 13.6. The van der Waals surface area contributed by atoms with Crippen LogP contribution >= 0.6 is 0 Å². The second-order valence-corrected chi connectivity index (χ2v) is 5.68. The zero-order valence-electron chi connectivity index (χ0n) is 13.6. The number of aromatic nitrogens is 4. The van der Waals surface area contributed by atoms with E-state index in [0.717, 1.165) is 45.7 Å². The lowest BCUT2D eigenvalue weighted by molar-refractivity contribution is 0.946. The molecule has 0 saturated heterocycles. The number of aromatic amines is 1. The molecule has 0 spiro atoms. The molecule has 0 unspecified atom stereocenters. The van der Waals surface area contributed by atoms with E-state index in [1.807, 2.05) is 30.5 Å². The summed E-state index contributed by atoms with van der Waals surface area (Å²) in [5.41, 5.74) is 2.72. The molecule has 0 bridgehead atoms. The molecule has 6 heteroatoms. The Balaban J connectivity index is 1.73. The Morgan fingerprint density at radius 2 is 2.04 bits per heavy atom. The van der Waals surface area contributed by atoms with Gasteiger partial charge in [0.2, 0.25) is 0 Å². The van der Waals surface area contributed by atoms with Crippen molar-refractivity contribution >= 4 is 39.1 Å².